The molecule has 0 saturated carbocycles. The molecule has 0 amide bonds. The zero-order valence-corrected chi connectivity index (χ0v) is 10.5. The molecule has 78 valence electrons. The van der Waals surface area contributed by atoms with Crippen LogP contribution in [0.15, 0.2) is 16.6 Å². The Hall–Kier alpha value is -0.700. The number of halogens is 1. The summed E-state index contributed by atoms with van der Waals surface area (Å²) in [6, 6.07) is 3.56. The largest absolute Gasteiger partial charge is 0.507 e. The van der Waals surface area contributed by atoms with Gasteiger partial charge >= 0.3 is 0 Å². The standard InChI is InChI=1S/C11H15BrO2/c1-11(2,3)7-5-6-8(13)9(12)10(7)14-4/h5-6,13H,1-4H3. The van der Waals surface area contributed by atoms with Gasteiger partial charge < -0.3 is 9.84 Å². The summed E-state index contributed by atoms with van der Waals surface area (Å²) in [6.07, 6.45) is 0. The van der Waals surface area contributed by atoms with Crippen LogP contribution >= 0.6 is 15.9 Å². The summed E-state index contributed by atoms with van der Waals surface area (Å²) in [5.74, 6) is 0.910. The van der Waals surface area contributed by atoms with Gasteiger partial charge in [-0.25, -0.2) is 0 Å². The van der Waals surface area contributed by atoms with E-state index in [0.717, 1.165) is 5.56 Å². The normalized spacial score (nSPS) is 11.5. The minimum atomic E-state index is 0.00155. The number of methoxy groups -OCH3 is 1. The van der Waals surface area contributed by atoms with Gasteiger partial charge in [0, 0.05) is 5.56 Å². The van der Waals surface area contributed by atoms with Gasteiger partial charge in [0.05, 0.1) is 7.11 Å². The van der Waals surface area contributed by atoms with E-state index >= 15 is 0 Å². The quantitative estimate of drug-likeness (QED) is 0.836. The van der Waals surface area contributed by atoms with Crippen molar-refractivity contribution in [2.75, 3.05) is 7.11 Å². The van der Waals surface area contributed by atoms with Crippen molar-refractivity contribution >= 4 is 15.9 Å². The third-order valence-corrected chi connectivity index (χ3v) is 2.86. The van der Waals surface area contributed by atoms with Gasteiger partial charge in [0.1, 0.15) is 16.0 Å². The molecule has 0 aromatic heterocycles. The third-order valence-electron chi connectivity index (χ3n) is 2.09. The molecule has 0 spiro atoms. The van der Waals surface area contributed by atoms with Gasteiger partial charge in [-0.05, 0) is 27.4 Å². The smallest absolute Gasteiger partial charge is 0.140 e. The van der Waals surface area contributed by atoms with Crippen molar-refractivity contribution in [2.45, 2.75) is 26.2 Å². The Morgan fingerprint density at radius 1 is 1.29 bits per heavy atom. The van der Waals surface area contributed by atoms with Crippen LogP contribution in [0.2, 0.25) is 0 Å². The summed E-state index contributed by atoms with van der Waals surface area (Å²) in [7, 11) is 1.61. The molecule has 1 N–H and O–H groups in total. The predicted molar refractivity (Wildman–Crippen MR) is 61.1 cm³/mol. The fourth-order valence-corrected chi connectivity index (χ4v) is 1.84. The van der Waals surface area contributed by atoms with Crippen molar-refractivity contribution in [1.82, 2.24) is 0 Å². The lowest BCUT2D eigenvalue weighted by molar-refractivity contribution is 0.387. The van der Waals surface area contributed by atoms with E-state index in [1.807, 2.05) is 6.07 Å². The van der Waals surface area contributed by atoms with Gasteiger partial charge in [-0.15, -0.1) is 0 Å². The Labute approximate surface area is 93.0 Å². The highest BCUT2D eigenvalue weighted by Crippen LogP contribution is 2.41. The Bertz CT molecular complexity index is 340. The van der Waals surface area contributed by atoms with Crippen LogP contribution < -0.4 is 4.74 Å². The molecule has 0 radical (unpaired) electrons. The van der Waals surface area contributed by atoms with E-state index < -0.39 is 0 Å². The van der Waals surface area contributed by atoms with Crippen molar-refractivity contribution < 1.29 is 9.84 Å². The zero-order valence-electron chi connectivity index (χ0n) is 8.89. The Morgan fingerprint density at radius 3 is 2.29 bits per heavy atom. The van der Waals surface area contributed by atoms with Crippen molar-refractivity contribution in [1.29, 1.82) is 0 Å². The number of hydrogen-bond donors (Lipinski definition) is 1. The Morgan fingerprint density at radius 2 is 1.86 bits per heavy atom. The summed E-state index contributed by atoms with van der Waals surface area (Å²) < 4.78 is 5.89. The molecule has 0 fully saturated rings. The minimum absolute atomic E-state index is 0.00155. The molecular formula is C11H15BrO2. The maximum atomic E-state index is 9.49. The highest BCUT2D eigenvalue weighted by molar-refractivity contribution is 9.10. The molecule has 1 aromatic carbocycles. The molecule has 0 unspecified atom stereocenters. The molecule has 0 saturated heterocycles. The highest BCUT2D eigenvalue weighted by Gasteiger charge is 2.21. The number of aromatic hydroxyl groups is 1. The zero-order chi connectivity index (χ0) is 10.9. The van der Waals surface area contributed by atoms with Crippen LogP contribution in [-0.2, 0) is 5.41 Å². The molecule has 0 atom stereocenters. The van der Waals surface area contributed by atoms with Crippen LogP contribution in [-0.4, -0.2) is 12.2 Å². The Balaban J connectivity index is 3.39. The number of rotatable bonds is 1. The molecule has 0 aliphatic carbocycles. The van der Waals surface area contributed by atoms with E-state index in [9.17, 15) is 5.11 Å². The van der Waals surface area contributed by atoms with Gasteiger partial charge in [-0.2, -0.15) is 0 Å². The summed E-state index contributed by atoms with van der Waals surface area (Å²) in [6.45, 7) is 6.32. The highest BCUT2D eigenvalue weighted by atomic mass is 79.9. The van der Waals surface area contributed by atoms with Gasteiger partial charge in [-0.3, -0.25) is 0 Å². The van der Waals surface area contributed by atoms with Gasteiger partial charge in [0.25, 0.3) is 0 Å². The van der Waals surface area contributed by atoms with Crippen LogP contribution in [0.3, 0.4) is 0 Å². The molecule has 0 bridgehead atoms. The summed E-state index contributed by atoms with van der Waals surface area (Å²) in [4.78, 5) is 0. The van der Waals surface area contributed by atoms with Crippen LogP contribution in [0.5, 0.6) is 11.5 Å². The van der Waals surface area contributed by atoms with E-state index in [-0.39, 0.29) is 11.2 Å². The lowest BCUT2D eigenvalue weighted by Crippen LogP contribution is -2.12. The molecular weight excluding hydrogens is 244 g/mol. The topological polar surface area (TPSA) is 29.5 Å². The molecule has 14 heavy (non-hydrogen) atoms. The molecule has 2 nitrogen and oxygen atoms in total. The first-order valence-corrected chi connectivity index (χ1v) is 5.23. The predicted octanol–water partition coefficient (Wildman–Crippen LogP) is 3.46. The molecule has 1 rings (SSSR count). The minimum Gasteiger partial charge on any atom is -0.507 e. The van der Waals surface area contributed by atoms with Gasteiger partial charge in [0.15, 0.2) is 0 Å². The number of phenolic OH excluding ortho intramolecular Hbond substituents is 1. The van der Waals surface area contributed by atoms with Crippen LogP contribution in [0, 0.1) is 0 Å². The second kappa shape index (κ2) is 3.81. The molecule has 0 aliphatic heterocycles. The second-order valence-corrected chi connectivity index (χ2v) is 5.02. The van der Waals surface area contributed by atoms with Gasteiger partial charge in [0.2, 0.25) is 0 Å². The van der Waals surface area contributed by atoms with Gasteiger partial charge in [-0.1, -0.05) is 26.8 Å². The SMILES string of the molecule is COc1c(C(C)(C)C)ccc(O)c1Br. The third kappa shape index (κ3) is 2.03. The molecule has 0 aliphatic rings. The van der Waals surface area contributed by atoms with Crippen LogP contribution in [0.25, 0.3) is 0 Å². The van der Waals surface area contributed by atoms with Crippen LogP contribution in [0.4, 0.5) is 0 Å². The van der Waals surface area contributed by atoms with E-state index in [4.69, 9.17) is 4.74 Å². The number of benzene rings is 1. The number of phenols is 1. The van der Waals surface area contributed by atoms with E-state index in [2.05, 4.69) is 36.7 Å². The first kappa shape index (κ1) is 11.4. The maximum absolute atomic E-state index is 9.49. The first-order valence-electron chi connectivity index (χ1n) is 4.44. The fraction of sp³-hybridized carbons (Fsp3) is 0.455. The van der Waals surface area contributed by atoms with Crippen molar-refractivity contribution in [3.05, 3.63) is 22.2 Å². The lowest BCUT2D eigenvalue weighted by Gasteiger charge is -2.23. The number of ether oxygens (including phenoxy) is 1. The average Bonchev–Trinajstić information content (AvgIpc) is 2.07. The lowest BCUT2D eigenvalue weighted by atomic mass is 9.86. The number of hydrogen-bond acceptors (Lipinski definition) is 2. The summed E-state index contributed by atoms with van der Waals surface area (Å²) >= 11 is 3.31. The fourth-order valence-electron chi connectivity index (χ4n) is 1.34. The van der Waals surface area contributed by atoms with Crippen molar-refractivity contribution in [3.8, 4) is 11.5 Å². The monoisotopic (exact) mass is 258 g/mol. The molecule has 1 aromatic rings. The summed E-state index contributed by atoms with van der Waals surface area (Å²) in [5, 5.41) is 9.49. The van der Waals surface area contributed by atoms with Crippen molar-refractivity contribution in [2.24, 2.45) is 0 Å². The Kier molecular flexibility index (Phi) is 3.10. The summed E-state index contributed by atoms with van der Waals surface area (Å²) in [5.41, 5.74) is 1.08. The average molecular weight is 259 g/mol. The van der Waals surface area contributed by atoms with Crippen LogP contribution in [0.1, 0.15) is 26.3 Å². The van der Waals surface area contributed by atoms with Crippen molar-refractivity contribution in [3.63, 3.8) is 0 Å². The maximum Gasteiger partial charge on any atom is 0.140 e. The second-order valence-electron chi connectivity index (χ2n) is 4.23. The molecule has 3 heteroatoms. The van der Waals surface area contributed by atoms with E-state index in [0.29, 0.717) is 10.2 Å². The molecule has 0 heterocycles. The first-order chi connectivity index (χ1) is 6.38. The van der Waals surface area contributed by atoms with E-state index in [1.165, 1.54) is 0 Å². The van der Waals surface area contributed by atoms with E-state index in [1.54, 1.807) is 13.2 Å².